The van der Waals surface area contributed by atoms with E-state index in [1.165, 1.54) is 11.8 Å². The SMILES string of the molecule is CCCc1cc(=O)[nH]c2nnc(S[C@@H](CC)C(=O)OCC)n12. The molecule has 0 amide bonds. The van der Waals surface area contributed by atoms with Gasteiger partial charge in [0.1, 0.15) is 5.25 Å². The summed E-state index contributed by atoms with van der Waals surface area (Å²) in [6.45, 7) is 6.10. The number of H-pyrrole nitrogens is 1. The molecule has 0 aliphatic rings. The molecule has 120 valence electrons. The largest absolute Gasteiger partial charge is 0.465 e. The fraction of sp³-hybridized carbons (Fsp3) is 0.571. The van der Waals surface area contributed by atoms with E-state index in [2.05, 4.69) is 15.2 Å². The van der Waals surface area contributed by atoms with Crippen LogP contribution in [0.4, 0.5) is 0 Å². The van der Waals surface area contributed by atoms with E-state index >= 15 is 0 Å². The van der Waals surface area contributed by atoms with Gasteiger partial charge in [-0.2, -0.15) is 0 Å². The molecule has 8 heteroatoms. The quantitative estimate of drug-likeness (QED) is 0.617. The molecule has 0 saturated heterocycles. The number of esters is 1. The lowest BCUT2D eigenvalue weighted by Crippen LogP contribution is -2.20. The summed E-state index contributed by atoms with van der Waals surface area (Å²) in [4.78, 5) is 26.2. The molecule has 7 nitrogen and oxygen atoms in total. The maximum Gasteiger partial charge on any atom is 0.319 e. The Hall–Kier alpha value is -1.83. The molecule has 0 unspecified atom stereocenters. The van der Waals surface area contributed by atoms with Crippen LogP contribution in [-0.2, 0) is 16.0 Å². The smallest absolute Gasteiger partial charge is 0.319 e. The van der Waals surface area contributed by atoms with Crippen molar-refractivity contribution in [1.29, 1.82) is 0 Å². The van der Waals surface area contributed by atoms with Gasteiger partial charge in [0.25, 0.3) is 5.56 Å². The Morgan fingerprint density at radius 2 is 2.18 bits per heavy atom. The average molecular weight is 324 g/mol. The first-order valence-electron chi connectivity index (χ1n) is 7.41. The summed E-state index contributed by atoms with van der Waals surface area (Å²) in [5, 5.41) is 8.36. The van der Waals surface area contributed by atoms with Gasteiger partial charge in [-0.3, -0.25) is 19.0 Å². The molecule has 1 atom stereocenters. The van der Waals surface area contributed by atoms with Crippen LogP contribution in [0, 0.1) is 0 Å². The van der Waals surface area contributed by atoms with Crippen LogP contribution >= 0.6 is 11.8 Å². The number of thioether (sulfide) groups is 1. The molecule has 2 aromatic heterocycles. The van der Waals surface area contributed by atoms with Crippen LogP contribution in [0.3, 0.4) is 0 Å². The maximum atomic E-state index is 11.9. The molecular formula is C14H20N4O3S. The zero-order valence-electron chi connectivity index (χ0n) is 13.0. The van der Waals surface area contributed by atoms with Gasteiger partial charge in [-0.05, 0) is 19.8 Å². The van der Waals surface area contributed by atoms with Crippen LogP contribution < -0.4 is 5.56 Å². The van der Waals surface area contributed by atoms with Crippen molar-refractivity contribution in [2.75, 3.05) is 6.61 Å². The molecule has 0 spiro atoms. The van der Waals surface area contributed by atoms with Crippen molar-refractivity contribution in [2.24, 2.45) is 0 Å². The van der Waals surface area contributed by atoms with Crippen LogP contribution in [0.2, 0.25) is 0 Å². The number of aromatic nitrogens is 4. The van der Waals surface area contributed by atoms with Crippen LogP contribution in [0.5, 0.6) is 0 Å². The monoisotopic (exact) mass is 324 g/mol. The van der Waals surface area contributed by atoms with Gasteiger partial charge in [0.15, 0.2) is 5.16 Å². The summed E-state index contributed by atoms with van der Waals surface area (Å²) < 4.78 is 6.88. The number of ether oxygens (including phenoxy) is 1. The normalized spacial score (nSPS) is 12.5. The second kappa shape index (κ2) is 7.44. The molecule has 2 rings (SSSR count). The number of nitrogens with one attached hydrogen (secondary N) is 1. The Balaban J connectivity index is 2.39. The van der Waals surface area contributed by atoms with Gasteiger partial charge in [-0.25, -0.2) is 0 Å². The van der Waals surface area contributed by atoms with E-state index in [1.54, 1.807) is 17.4 Å². The van der Waals surface area contributed by atoms with Gasteiger partial charge >= 0.3 is 5.97 Å². The highest BCUT2D eigenvalue weighted by Gasteiger charge is 2.23. The number of carbonyl (C=O) groups is 1. The summed E-state index contributed by atoms with van der Waals surface area (Å²) in [5.41, 5.74) is 0.643. The highest BCUT2D eigenvalue weighted by atomic mass is 32.2. The molecule has 0 saturated carbocycles. The van der Waals surface area contributed by atoms with E-state index in [9.17, 15) is 9.59 Å². The fourth-order valence-electron chi connectivity index (χ4n) is 2.15. The molecule has 0 aromatic carbocycles. The minimum Gasteiger partial charge on any atom is -0.465 e. The van der Waals surface area contributed by atoms with Gasteiger partial charge in [0.05, 0.1) is 6.61 Å². The third-order valence-electron chi connectivity index (χ3n) is 3.13. The molecule has 0 aliphatic carbocycles. The van der Waals surface area contributed by atoms with E-state index < -0.39 is 0 Å². The third kappa shape index (κ3) is 3.49. The number of fused-ring (bicyclic) bond motifs is 1. The molecule has 0 fully saturated rings. The Morgan fingerprint density at radius 3 is 2.82 bits per heavy atom. The van der Waals surface area contributed by atoms with Gasteiger partial charge in [-0.15, -0.1) is 10.2 Å². The summed E-state index contributed by atoms with van der Waals surface area (Å²) in [6, 6.07) is 1.55. The van der Waals surface area contributed by atoms with Crippen molar-refractivity contribution in [3.8, 4) is 0 Å². The number of aromatic amines is 1. The zero-order valence-corrected chi connectivity index (χ0v) is 13.8. The molecule has 2 heterocycles. The van der Waals surface area contributed by atoms with Crippen molar-refractivity contribution in [3.63, 3.8) is 0 Å². The maximum absolute atomic E-state index is 11.9. The van der Waals surface area contributed by atoms with E-state index in [4.69, 9.17) is 4.74 Å². The standard InChI is InChI=1S/C14H20N4O3S/c1-4-7-9-8-11(19)15-13-16-17-14(18(9)13)22-10(5-2)12(20)21-6-3/h8,10H,4-7H2,1-3H3,(H,15,16,19)/t10-/m0/s1. The van der Waals surface area contributed by atoms with Crippen LogP contribution in [0.25, 0.3) is 5.78 Å². The van der Waals surface area contributed by atoms with Gasteiger partial charge in [-0.1, -0.05) is 32.0 Å². The Kier molecular flexibility index (Phi) is 5.59. The van der Waals surface area contributed by atoms with E-state index in [0.29, 0.717) is 24.0 Å². The van der Waals surface area contributed by atoms with Crippen LogP contribution in [-0.4, -0.2) is 37.4 Å². The Labute approximate surface area is 132 Å². The molecule has 0 aliphatic heterocycles. The van der Waals surface area contributed by atoms with Crippen molar-refractivity contribution in [2.45, 2.75) is 50.4 Å². The summed E-state index contributed by atoms with van der Waals surface area (Å²) in [6.07, 6.45) is 2.27. The second-order valence-electron chi connectivity index (χ2n) is 4.78. The topological polar surface area (TPSA) is 89.4 Å². The number of rotatable bonds is 7. The number of nitrogens with zero attached hydrogens (tertiary/aromatic N) is 3. The lowest BCUT2D eigenvalue weighted by atomic mass is 10.2. The first-order valence-corrected chi connectivity index (χ1v) is 8.29. The van der Waals surface area contributed by atoms with E-state index in [-0.39, 0.29) is 16.8 Å². The van der Waals surface area contributed by atoms with Gasteiger partial charge < -0.3 is 4.74 Å². The molecule has 2 aromatic rings. The molecule has 0 bridgehead atoms. The van der Waals surface area contributed by atoms with Crippen molar-refractivity contribution in [3.05, 3.63) is 22.1 Å². The van der Waals surface area contributed by atoms with Crippen molar-refractivity contribution in [1.82, 2.24) is 19.6 Å². The van der Waals surface area contributed by atoms with Gasteiger partial charge in [0, 0.05) is 11.8 Å². The van der Waals surface area contributed by atoms with E-state index in [0.717, 1.165) is 18.5 Å². The zero-order chi connectivity index (χ0) is 16.1. The number of aryl methyl sites for hydroxylation is 1. The Morgan fingerprint density at radius 1 is 1.41 bits per heavy atom. The summed E-state index contributed by atoms with van der Waals surface area (Å²) >= 11 is 1.31. The predicted octanol–water partition coefficient (Wildman–Crippen LogP) is 1.80. The molecule has 1 N–H and O–H groups in total. The first kappa shape index (κ1) is 16.5. The van der Waals surface area contributed by atoms with Crippen LogP contribution in [0.1, 0.15) is 39.3 Å². The summed E-state index contributed by atoms with van der Waals surface area (Å²) in [5.74, 6) is 0.144. The minimum absolute atomic E-state index is 0.197. The fourth-order valence-corrected chi connectivity index (χ4v) is 3.13. The highest BCUT2D eigenvalue weighted by Crippen LogP contribution is 2.25. The third-order valence-corrected chi connectivity index (χ3v) is 4.41. The first-order chi connectivity index (χ1) is 10.6. The Bertz CT molecular complexity index is 710. The number of carbonyl (C=O) groups excluding carboxylic acids is 1. The predicted molar refractivity (Wildman–Crippen MR) is 84.2 cm³/mol. The number of hydrogen-bond acceptors (Lipinski definition) is 6. The van der Waals surface area contributed by atoms with Crippen LogP contribution in [0.15, 0.2) is 16.0 Å². The second-order valence-corrected chi connectivity index (χ2v) is 5.95. The lowest BCUT2D eigenvalue weighted by Gasteiger charge is -2.12. The molecule has 22 heavy (non-hydrogen) atoms. The highest BCUT2D eigenvalue weighted by molar-refractivity contribution is 8.00. The minimum atomic E-state index is -0.339. The van der Waals surface area contributed by atoms with Crippen molar-refractivity contribution >= 4 is 23.5 Å². The average Bonchev–Trinajstić information content (AvgIpc) is 2.88. The number of hydrogen-bond donors (Lipinski definition) is 1. The van der Waals surface area contributed by atoms with E-state index in [1.807, 2.05) is 13.8 Å². The summed E-state index contributed by atoms with van der Waals surface area (Å²) in [7, 11) is 0. The van der Waals surface area contributed by atoms with Gasteiger partial charge in [0.2, 0.25) is 5.78 Å². The molecular weight excluding hydrogens is 304 g/mol. The molecule has 0 radical (unpaired) electrons. The van der Waals surface area contributed by atoms with Crippen molar-refractivity contribution < 1.29 is 9.53 Å². The lowest BCUT2D eigenvalue weighted by molar-refractivity contribution is -0.142.